The first-order valence-corrected chi connectivity index (χ1v) is 4.76. The van der Waals surface area contributed by atoms with Gasteiger partial charge in [-0.3, -0.25) is 0 Å². The molecule has 0 amide bonds. The highest BCUT2D eigenvalue weighted by Crippen LogP contribution is 2.25. The summed E-state index contributed by atoms with van der Waals surface area (Å²) in [5.41, 5.74) is 7.33. The molecule has 70 valence electrons. The van der Waals surface area contributed by atoms with Crippen LogP contribution in [0.1, 0.15) is 17.9 Å². The molecule has 1 saturated heterocycles. The molecule has 0 saturated carbocycles. The standard InChI is InChI=1S/C11H15NO/c12-11-8-13-7-6-10(11)9-4-2-1-3-5-9/h1-5,10-11H,6-8,12H2/t10-,11-/m0/s1. The molecular weight excluding hydrogens is 162 g/mol. The van der Waals surface area contributed by atoms with Crippen molar-refractivity contribution in [1.29, 1.82) is 0 Å². The third-order valence-corrected chi connectivity index (χ3v) is 2.63. The molecule has 2 heteroatoms. The largest absolute Gasteiger partial charge is 0.380 e. The van der Waals surface area contributed by atoms with E-state index < -0.39 is 0 Å². The highest BCUT2D eigenvalue weighted by molar-refractivity contribution is 5.21. The van der Waals surface area contributed by atoms with E-state index in [0.29, 0.717) is 12.5 Å². The Balaban J connectivity index is 2.15. The highest BCUT2D eigenvalue weighted by atomic mass is 16.5. The summed E-state index contributed by atoms with van der Waals surface area (Å²) in [4.78, 5) is 0. The fraction of sp³-hybridized carbons (Fsp3) is 0.455. The maximum Gasteiger partial charge on any atom is 0.0623 e. The normalized spacial score (nSPS) is 28.7. The smallest absolute Gasteiger partial charge is 0.0623 e. The molecular formula is C11H15NO. The van der Waals surface area contributed by atoms with Gasteiger partial charge in [-0.1, -0.05) is 30.3 Å². The van der Waals surface area contributed by atoms with Crippen LogP contribution in [0.4, 0.5) is 0 Å². The Bertz CT molecular complexity index is 260. The van der Waals surface area contributed by atoms with Crippen LogP contribution in [0.3, 0.4) is 0 Å². The van der Waals surface area contributed by atoms with Crippen LogP contribution < -0.4 is 5.73 Å². The van der Waals surface area contributed by atoms with E-state index in [1.54, 1.807) is 0 Å². The van der Waals surface area contributed by atoms with E-state index >= 15 is 0 Å². The van der Waals surface area contributed by atoms with Crippen LogP contribution in [0.2, 0.25) is 0 Å². The minimum atomic E-state index is 0.163. The molecule has 1 aliphatic heterocycles. The van der Waals surface area contributed by atoms with Gasteiger partial charge in [-0.05, 0) is 12.0 Å². The first-order valence-electron chi connectivity index (χ1n) is 4.76. The molecule has 0 bridgehead atoms. The van der Waals surface area contributed by atoms with Gasteiger partial charge in [-0.2, -0.15) is 0 Å². The fourth-order valence-electron chi connectivity index (χ4n) is 1.87. The van der Waals surface area contributed by atoms with Gasteiger partial charge in [0.05, 0.1) is 6.61 Å². The van der Waals surface area contributed by atoms with Crippen LogP contribution in [-0.2, 0) is 4.74 Å². The summed E-state index contributed by atoms with van der Waals surface area (Å²) >= 11 is 0. The molecule has 1 heterocycles. The predicted octanol–water partition coefficient (Wildman–Crippen LogP) is 1.52. The molecule has 0 aromatic heterocycles. The molecule has 2 atom stereocenters. The molecule has 0 spiro atoms. The zero-order valence-electron chi connectivity index (χ0n) is 7.65. The number of ether oxygens (including phenoxy) is 1. The number of benzene rings is 1. The van der Waals surface area contributed by atoms with Gasteiger partial charge >= 0.3 is 0 Å². The maximum absolute atomic E-state index is 5.99. The molecule has 1 fully saturated rings. The third kappa shape index (κ3) is 1.90. The molecule has 0 aliphatic carbocycles. The first-order chi connectivity index (χ1) is 6.38. The lowest BCUT2D eigenvalue weighted by Gasteiger charge is -2.28. The second-order valence-corrected chi connectivity index (χ2v) is 3.54. The minimum absolute atomic E-state index is 0.163. The average Bonchev–Trinajstić information content (AvgIpc) is 2.20. The Morgan fingerprint density at radius 2 is 2.00 bits per heavy atom. The summed E-state index contributed by atoms with van der Waals surface area (Å²) in [5.74, 6) is 0.481. The Morgan fingerprint density at radius 3 is 2.69 bits per heavy atom. The molecule has 1 aromatic rings. The molecule has 2 nitrogen and oxygen atoms in total. The lowest BCUT2D eigenvalue weighted by molar-refractivity contribution is 0.0696. The number of hydrogen-bond acceptors (Lipinski definition) is 2. The van der Waals surface area contributed by atoms with Crippen LogP contribution in [0.5, 0.6) is 0 Å². The van der Waals surface area contributed by atoms with Crippen molar-refractivity contribution < 1.29 is 4.74 Å². The minimum Gasteiger partial charge on any atom is -0.380 e. The lowest BCUT2D eigenvalue weighted by atomic mass is 9.88. The van der Waals surface area contributed by atoms with E-state index in [9.17, 15) is 0 Å². The number of hydrogen-bond donors (Lipinski definition) is 1. The van der Waals surface area contributed by atoms with E-state index in [4.69, 9.17) is 10.5 Å². The predicted molar refractivity (Wildman–Crippen MR) is 52.6 cm³/mol. The van der Waals surface area contributed by atoms with Gasteiger partial charge in [0.25, 0.3) is 0 Å². The molecule has 1 aromatic carbocycles. The second kappa shape index (κ2) is 3.90. The van der Waals surface area contributed by atoms with E-state index in [1.165, 1.54) is 5.56 Å². The van der Waals surface area contributed by atoms with Gasteiger partial charge in [0.2, 0.25) is 0 Å². The van der Waals surface area contributed by atoms with Gasteiger partial charge in [0, 0.05) is 18.6 Å². The zero-order valence-corrected chi connectivity index (χ0v) is 7.65. The van der Waals surface area contributed by atoms with Crippen LogP contribution in [0.15, 0.2) is 30.3 Å². The highest BCUT2D eigenvalue weighted by Gasteiger charge is 2.23. The zero-order chi connectivity index (χ0) is 9.10. The average molecular weight is 177 g/mol. The number of rotatable bonds is 1. The van der Waals surface area contributed by atoms with Crippen molar-refractivity contribution in [2.24, 2.45) is 5.73 Å². The van der Waals surface area contributed by atoms with E-state index in [0.717, 1.165) is 13.0 Å². The molecule has 1 aliphatic rings. The van der Waals surface area contributed by atoms with Crippen molar-refractivity contribution >= 4 is 0 Å². The summed E-state index contributed by atoms with van der Waals surface area (Å²) in [7, 11) is 0. The van der Waals surface area contributed by atoms with Gasteiger partial charge in [-0.15, -0.1) is 0 Å². The van der Waals surface area contributed by atoms with Crippen LogP contribution in [0, 0.1) is 0 Å². The summed E-state index contributed by atoms with van der Waals surface area (Å²) in [5, 5.41) is 0. The van der Waals surface area contributed by atoms with E-state index in [-0.39, 0.29) is 6.04 Å². The second-order valence-electron chi connectivity index (χ2n) is 3.54. The van der Waals surface area contributed by atoms with Crippen molar-refractivity contribution in [3.05, 3.63) is 35.9 Å². The quantitative estimate of drug-likeness (QED) is 0.705. The van der Waals surface area contributed by atoms with Crippen molar-refractivity contribution in [3.63, 3.8) is 0 Å². The SMILES string of the molecule is N[C@H]1COCC[C@H]1c1ccccc1. The van der Waals surface area contributed by atoms with Crippen LogP contribution in [-0.4, -0.2) is 19.3 Å². The Labute approximate surface area is 78.7 Å². The molecule has 0 radical (unpaired) electrons. The van der Waals surface area contributed by atoms with Crippen LogP contribution >= 0.6 is 0 Å². The summed E-state index contributed by atoms with van der Waals surface area (Å²) in [6, 6.07) is 10.6. The number of nitrogens with two attached hydrogens (primary N) is 1. The van der Waals surface area contributed by atoms with Crippen molar-refractivity contribution in [2.45, 2.75) is 18.4 Å². The van der Waals surface area contributed by atoms with Crippen molar-refractivity contribution in [2.75, 3.05) is 13.2 Å². The van der Waals surface area contributed by atoms with Gasteiger partial charge in [0.1, 0.15) is 0 Å². The Hall–Kier alpha value is -0.860. The van der Waals surface area contributed by atoms with Crippen molar-refractivity contribution in [1.82, 2.24) is 0 Å². The van der Waals surface area contributed by atoms with Crippen molar-refractivity contribution in [3.8, 4) is 0 Å². The Morgan fingerprint density at radius 1 is 1.23 bits per heavy atom. The van der Waals surface area contributed by atoms with Gasteiger partial charge in [0.15, 0.2) is 0 Å². The third-order valence-electron chi connectivity index (χ3n) is 2.63. The van der Waals surface area contributed by atoms with Gasteiger partial charge < -0.3 is 10.5 Å². The molecule has 13 heavy (non-hydrogen) atoms. The summed E-state index contributed by atoms with van der Waals surface area (Å²) < 4.78 is 5.31. The maximum atomic E-state index is 5.99. The Kier molecular flexibility index (Phi) is 2.62. The molecule has 2 N–H and O–H groups in total. The van der Waals surface area contributed by atoms with E-state index in [1.807, 2.05) is 6.07 Å². The molecule has 0 unspecified atom stereocenters. The van der Waals surface area contributed by atoms with E-state index in [2.05, 4.69) is 24.3 Å². The molecule has 2 rings (SSSR count). The first kappa shape index (κ1) is 8.73. The topological polar surface area (TPSA) is 35.2 Å². The summed E-state index contributed by atoms with van der Waals surface area (Å²) in [6.07, 6.45) is 1.05. The monoisotopic (exact) mass is 177 g/mol. The van der Waals surface area contributed by atoms with Gasteiger partial charge in [-0.25, -0.2) is 0 Å². The fourth-order valence-corrected chi connectivity index (χ4v) is 1.87. The van der Waals surface area contributed by atoms with Crippen LogP contribution in [0.25, 0.3) is 0 Å². The lowest BCUT2D eigenvalue weighted by Crippen LogP contribution is -2.37. The summed E-state index contributed by atoms with van der Waals surface area (Å²) in [6.45, 7) is 1.53.